The predicted molar refractivity (Wildman–Crippen MR) is 134 cm³/mol. The van der Waals surface area contributed by atoms with Crippen molar-refractivity contribution >= 4 is 33.3 Å². The van der Waals surface area contributed by atoms with Crippen molar-refractivity contribution < 1.29 is 18.8 Å². The van der Waals surface area contributed by atoms with Crippen LogP contribution in [0.5, 0.6) is 0 Å². The van der Waals surface area contributed by atoms with Crippen LogP contribution in [0, 0.1) is 0 Å². The van der Waals surface area contributed by atoms with Crippen LogP contribution in [0.1, 0.15) is 18.4 Å². The second-order valence-corrected chi connectivity index (χ2v) is 10.3. The largest absolute Gasteiger partial charge is 0.481 e. The Morgan fingerprint density at radius 1 is 0.944 bits per heavy atom. The Balaban J connectivity index is 1.40. The molecule has 0 aliphatic carbocycles. The van der Waals surface area contributed by atoms with Crippen LogP contribution < -0.4 is 0 Å². The lowest BCUT2D eigenvalue weighted by Gasteiger charge is -2.33. The van der Waals surface area contributed by atoms with Gasteiger partial charge in [0.25, 0.3) is 0 Å². The molecule has 180 valence electrons. The zero-order valence-corrected chi connectivity index (χ0v) is 20.0. The summed E-state index contributed by atoms with van der Waals surface area (Å²) in [6.45, 7) is 0.782. The topological polar surface area (TPSA) is 107 Å². The van der Waals surface area contributed by atoms with E-state index in [0.717, 1.165) is 10.9 Å². The molecule has 36 heavy (non-hydrogen) atoms. The fourth-order valence-corrected chi connectivity index (χ4v) is 5.98. The average Bonchev–Trinajstić information content (AvgIpc) is 3.38. The van der Waals surface area contributed by atoms with E-state index in [4.69, 9.17) is 4.74 Å². The molecule has 0 radical (unpaired) electrons. The van der Waals surface area contributed by atoms with Gasteiger partial charge in [0, 0.05) is 29.2 Å². The lowest BCUT2D eigenvalue weighted by molar-refractivity contribution is -0.147. The number of pyridine rings is 2. The minimum atomic E-state index is -1.49. The number of nitrogens with zero attached hydrogens (tertiary/aromatic N) is 4. The standard InChI is InChI=1S/C27H22N4O4S/c32-26(33)27(11-14-35-15-12-27)19-4-3-5-20(17-19)36(34)21-8-9-23-18(16-21)7-10-24-29-30-25(31(23)24)22-6-1-2-13-28-22/h1-10,13,16-17H,11-12,14-15H2,(H,32,33). The summed E-state index contributed by atoms with van der Waals surface area (Å²) in [4.78, 5) is 17.8. The fraction of sp³-hybridized carbons (Fsp3) is 0.185. The highest BCUT2D eigenvalue weighted by Gasteiger charge is 2.42. The number of aliphatic carboxylic acids is 1. The van der Waals surface area contributed by atoms with E-state index in [1.807, 2.05) is 59.0 Å². The van der Waals surface area contributed by atoms with Crippen molar-refractivity contribution in [2.45, 2.75) is 28.0 Å². The second kappa shape index (κ2) is 8.92. The molecule has 1 aliphatic heterocycles. The number of rotatable bonds is 5. The highest BCUT2D eigenvalue weighted by molar-refractivity contribution is 7.85. The quantitative estimate of drug-likeness (QED) is 0.386. The molecule has 0 amide bonds. The molecule has 4 heterocycles. The summed E-state index contributed by atoms with van der Waals surface area (Å²) in [7, 11) is -1.49. The molecule has 1 atom stereocenters. The van der Waals surface area contributed by atoms with E-state index in [0.29, 0.717) is 58.6 Å². The number of aromatic nitrogens is 4. The lowest BCUT2D eigenvalue weighted by atomic mass is 9.74. The summed E-state index contributed by atoms with van der Waals surface area (Å²) in [5.41, 5.74) is 1.92. The van der Waals surface area contributed by atoms with Gasteiger partial charge >= 0.3 is 5.97 Å². The molecule has 0 bridgehead atoms. The van der Waals surface area contributed by atoms with Gasteiger partial charge in [-0.05, 0) is 78.4 Å². The second-order valence-electron chi connectivity index (χ2n) is 8.78. The van der Waals surface area contributed by atoms with E-state index in [9.17, 15) is 14.1 Å². The van der Waals surface area contributed by atoms with Crippen molar-refractivity contribution in [2.24, 2.45) is 0 Å². The van der Waals surface area contributed by atoms with Crippen molar-refractivity contribution in [2.75, 3.05) is 13.2 Å². The van der Waals surface area contributed by atoms with Gasteiger partial charge in [0.2, 0.25) is 0 Å². The zero-order valence-electron chi connectivity index (χ0n) is 19.2. The molecule has 3 aromatic heterocycles. The van der Waals surface area contributed by atoms with E-state index >= 15 is 0 Å². The van der Waals surface area contributed by atoms with Crippen LogP contribution in [0.2, 0.25) is 0 Å². The molecule has 1 saturated heterocycles. The van der Waals surface area contributed by atoms with Crippen LogP contribution in [-0.2, 0) is 25.7 Å². The van der Waals surface area contributed by atoms with Crippen molar-refractivity contribution in [3.8, 4) is 11.5 Å². The number of carboxylic acids is 1. The molecule has 1 unspecified atom stereocenters. The molecule has 1 fully saturated rings. The van der Waals surface area contributed by atoms with Crippen LogP contribution in [0.15, 0.2) is 88.8 Å². The molecule has 2 aromatic carbocycles. The Morgan fingerprint density at radius 2 is 1.78 bits per heavy atom. The highest BCUT2D eigenvalue weighted by Crippen LogP contribution is 2.36. The Bertz CT molecular complexity index is 1630. The maximum atomic E-state index is 13.6. The molecule has 1 aliphatic rings. The molecular formula is C27H22N4O4S. The molecule has 9 heteroatoms. The number of benzene rings is 2. The van der Waals surface area contributed by atoms with Crippen molar-refractivity contribution in [3.63, 3.8) is 0 Å². The monoisotopic (exact) mass is 498 g/mol. The van der Waals surface area contributed by atoms with Crippen LogP contribution >= 0.6 is 0 Å². The number of ether oxygens (including phenoxy) is 1. The lowest BCUT2D eigenvalue weighted by Crippen LogP contribution is -2.41. The smallest absolute Gasteiger partial charge is 0.314 e. The van der Waals surface area contributed by atoms with Crippen molar-refractivity contribution in [1.82, 2.24) is 19.6 Å². The Hall–Kier alpha value is -3.95. The fourth-order valence-electron chi connectivity index (χ4n) is 4.84. The van der Waals surface area contributed by atoms with Gasteiger partial charge in [0.15, 0.2) is 11.5 Å². The number of hydrogen-bond donors (Lipinski definition) is 1. The van der Waals surface area contributed by atoms with Gasteiger partial charge in [-0.25, -0.2) is 4.21 Å². The molecule has 1 N–H and O–H groups in total. The first-order chi connectivity index (χ1) is 17.6. The van der Waals surface area contributed by atoms with Gasteiger partial charge in [0.05, 0.1) is 21.7 Å². The summed E-state index contributed by atoms with van der Waals surface area (Å²) in [6, 6.07) is 22.2. The summed E-state index contributed by atoms with van der Waals surface area (Å²) >= 11 is 0. The van der Waals surface area contributed by atoms with E-state index < -0.39 is 22.2 Å². The van der Waals surface area contributed by atoms with E-state index in [1.165, 1.54) is 0 Å². The maximum absolute atomic E-state index is 13.6. The maximum Gasteiger partial charge on any atom is 0.314 e. The third-order valence-electron chi connectivity index (χ3n) is 6.80. The molecular weight excluding hydrogens is 476 g/mol. The molecule has 0 spiro atoms. The SMILES string of the molecule is O=C(O)C1(c2cccc(S(=O)c3ccc4c(ccc5nnc(-c6ccccn6)n54)c3)c2)CCOCC1. The first-order valence-electron chi connectivity index (χ1n) is 11.6. The summed E-state index contributed by atoms with van der Waals surface area (Å²) in [5, 5.41) is 19.5. The van der Waals surface area contributed by atoms with Gasteiger partial charge in [0.1, 0.15) is 5.69 Å². The predicted octanol–water partition coefficient (Wildman–Crippen LogP) is 4.24. The van der Waals surface area contributed by atoms with Crippen LogP contribution in [0.3, 0.4) is 0 Å². The van der Waals surface area contributed by atoms with Crippen LogP contribution in [-0.4, -0.2) is 48.1 Å². The van der Waals surface area contributed by atoms with Gasteiger partial charge in [-0.1, -0.05) is 18.2 Å². The number of carbonyl (C=O) groups is 1. The van der Waals surface area contributed by atoms with E-state index in [2.05, 4.69) is 15.2 Å². The van der Waals surface area contributed by atoms with Gasteiger partial charge in [-0.3, -0.25) is 14.2 Å². The Kier molecular flexibility index (Phi) is 5.58. The zero-order chi connectivity index (χ0) is 24.7. The third kappa shape index (κ3) is 3.68. The molecule has 0 saturated carbocycles. The Morgan fingerprint density at radius 3 is 2.56 bits per heavy atom. The van der Waals surface area contributed by atoms with Crippen LogP contribution in [0.4, 0.5) is 0 Å². The van der Waals surface area contributed by atoms with E-state index in [-0.39, 0.29) is 0 Å². The minimum absolute atomic E-state index is 0.391. The average molecular weight is 499 g/mol. The summed E-state index contributed by atoms with van der Waals surface area (Å²) < 4.78 is 20.9. The summed E-state index contributed by atoms with van der Waals surface area (Å²) in [6.07, 6.45) is 2.50. The van der Waals surface area contributed by atoms with Gasteiger partial charge < -0.3 is 9.84 Å². The van der Waals surface area contributed by atoms with Crippen LogP contribution in [0.25, 0.3) is 28.1 Å². The third-order valence-corrected chi connectivity index (χ3v) is 8.17. The first kappa shape index (κ1) is 22.5. The Labute approximate surface area is 209 Å². The number of fused-ring (bicyclic) bond motifs is 3. The van der Waals surface area contributed by atoms with Crippen molar-refractivity contribution in [3.05, 3.63) is 84.6 Å². The minimum Gasteiger partial charge on any atom is -0.481 e. The highest BCUT2D eigenvalue weighted by atomic mass is 32.2. The van der Waals surface area contributed by atoms with Crippen molar-refractivity contribution in [1.29, 1.82) is 0 Å². The normalized spacial score (nSPS) is 16.2. The van der Waals surface area contributed by atoms with Gasteiger partial charge in [-0.15, -0.1) is 10.2 Å². The summed E-state index contributed by atoms with van der Waals surface area (Å²) in [5.74, 6) is -0.241. The number of hydrogen-bond acceptors (Lipinski definition) is 6. The first-order valence-corrected chi connectivity index (χ1v) is 12.7. The molecule has 5 aromatic rings. The van der Waals surface area contributed by atoms with E-state index in [1.54, 1.807) is 24.4 Å². The number of carboxylic acid groups (broad SMARTS) is 1. The van der Waals surface area contributed by atoms with Gasteiger partial charge in [-0.2, -0.15) is 0 Å². The molecule has 6 rings (SSSR count). The molecule has 8 nitrogen and oxygen atoms in total.